The highest BCUT2D eigenvalue weighted by Crippen LogP contribution is 2.45. The summed E-state index contributed by atoms with van der Waals surface area (Å²) in [5.74, 6) is -3.57. The molecule has 4 aromatic rings. The molecule has 1 aliphatic rings. The van der Waals surface area contributed by atoms with Crippen LogP contribution in [0.1, 0.15) is 29.7 Å². The van der Waals surface area contributed by atoms with Gasteiger partial charge in [0.2, 0.25) is 0 Å². The molecular weight excluding hydrogens is 458 g/mol. The van der Waals surface area contributed by atoms with Gasteiger partial charge in [0.15, 0.2) is 5.13 Å². The standard InChI is InChI=1S/C26H18F2N2O3S/c1-2-14-7-12-19-20(13-14)34-26(29-19)30-22(17-5-3-4-6-18(17)28)21(24(32)25(30)33)23(31)15-8-10-16(27)11-9-15/h3-13,22,31H,2H2,1H3. The molecule has 5 nitrogen and oxygen atoms in total. The molecular formula is C26H18F2N2O3S. The molecule has 2 heterocycles. The summed E-state index contributed by atoms with van der Waals surface area (Å²) in [5, 5.41) is 11.2. The van der Waals surface area contributed by atoms with Crippen molar-refractivity contribution in [1.29, 1.82) is 0 Å². The summed E-state index contributed by atoms with van der Waals surface area (Å²) in [6, 6.07) is 15.1. The highest BCUT2D eigenvalue weighted by atomic mass is 32.1. The number of hydrogen-bond donors (Lipinski definition) is 1. The molecule has 1 aliphatic heterocycles. The first kappa shape index (κ1) is 21.9. The van der Waals surface area contributed by atoms with Crippen molar-refractivity contribution in [2.24, 2.45) is 0 Å². The van der Waals surface area contributed by atoms with Gasteiger partial charge >= 0.3 is 5.91 Å². The smallest absolute Gasteiger partial charge is 0.301 e. The van der Waals surface area contributed by atoms with Crippen LogP contribution >= 0.6 is 11.3 Å². The first-order valence-electron chi connectivity index (χ1n) is 10.6. The SMILES string of the molecule is CCc1ccc2nc(N3C(=O)C(=O)C(=C(O)c4ccc(F)cc4)C3c3ccccc3F)sc2c1. The number of hydrogen-bond acceptors (Lipinski definition) is 5. The number of amides is 1. The third kappa shape index (κ3) is 3.56. The van der Waals surface area contributed by atoms with Crippen molar-refractivity contribution in [3.8, 4) is 0 Å². The van der Waals surface area contributed by atoms with Gasteiger partial charge in [-0.15, -0.1) is 0 Å². The monoisotopic (exact) mass is 476 g/mol. The van der Waals surface area contributed by atoms with Gasteiger partial charge in [-0.25, -0.2) is 13.8 Å². The van der Waals surface area contributed by atoms with Crippen molar-refractivity contribution in [3.63, 3.8) is 0 Å². The van der Waals surface area contributed by atoms with Crippen LogP contribution in [-0.4, -0.2) is 21.8 Å². The summed E-state index contributed by atoms with van der Waals surface area (Å²) in [6.07, 6.45) is 0.820. The number of anilines is 1. The Hall–Kier alpha value is -3.91. The summed E-state index contributed by atoms with van der Waals surface area (Å²) in [6.45, 7) is 2.02. The van der Waals surface area contributed by atoms with E-state index in [1.807, 2.05) is 25.1 Å². The van der Waals surface area contributed by atoms with Crippen LogP contribution in [0.2, 0.25) is 0 Å². The number of ketones is 1. The third-order valence-electron chi connectivity index (χ3n) is 5.82. The fourth-order valence-electron chi connectivity index (χ4n) is 4.06. The lowest BCUT2D eigenvalue weighted by Crippen LogP contribution is -2.29. The van der Waals surface area contributed by atoms with Crippen molar-refractivity contribution < 1.29 is 23.5 Å². The number of benzene rings is 3. The average molecular weight is 477 g/mol. The van der Waals surface area contributed by atoms with Crippen molar-refractivity contribution in [3.05, 3.63) is 101 Å². The van der Waals surface area contributed by atoms with E-state index >= 15 is 0 Å². The quantitative estimate of drug-likeness (QED) is 0.231. The summed E-state index contributed by atoms with van der Waals surface area (Å²) in [5.41, 5.74) is 1.63. The van der Waals surface area contributed by atoms with Gasteiger partial charge in [0, 0.05) is 11.1 Å². The minimum absolute atomic E-state index is 0.0406. The Bertz CT molecular complexity index is 1480. The topological polar surface area (TPSA) is 70.5 Å². The molecule has 0 aliphatic carbocycles. The summed E-state index contributed by atoms with van der Waals surface area (Å²) >= 11 is 1.21. The summed E-state index contributed by atoms with van der Waals surface area (Å²) < 4.78 is 29.2. The number of rotatable bonds is 4. The molecule has 170 valence electrons. The minimum atomic E-state index is -1.24. The molecule has 0 radical (unpaired) electrons. The molecule has 1 fully saturated rings. The molecule has 1 atom stereocenters. The predicted molar refractivity (Wildman–Crippen MR) is 127 cm³/mol. The van der Waals surface area contributed by atoms with Gasteiger partial charge in [-0.3, -0.25) is 14.5 Å². The number of nitrogens with zero attached hydrogens (tertiary/aromatic N) is 2. The Morgan fingerprint density at radius 3 is 2.50 bits per heavy atom. The second-order valence-corrected chi connectivity index (χ2v) is 8.86. The van der Waals surface area contributed by atoms with E-state index < -0.39 is 35.1 Å². The number of carbonyl (C=O) groups is 2. The van der Waals surface area contributed by atoms with Crippen molar-refractivity contribution >= 4 is 44.1 Å². The van der Waals surface area contributed by atoms with E-state index in [0.717, 1.165) is 33.7 Å². The average Bonchev–Trinajstić information content (AvgIpc) is 3.37. The van der Waals surface area contributed by atoms with E-state index in [4.69, 9.17) is 0 Å². The van der Waals surface area contributed by atoms with Crippen molar-refractivity contribution in [2.75, 3.05) is 4.90 Å². The van der Waals surface area contributed by atoms with Gasteiger partial charge in [0.05, 0.1) is 15.8 Å². The Labute approximate surface area is 197 Å². The third-order valence-corrected chi connectivity index (χ3v) is 6.84. The molecule has 1 aromatic heterocycles. The van der Waals surface area contributed by atoms with Gasteiger partial charge in [-0.2, -0.15) is 0 Å². The number of Topliss-reactive ketones (excluding diaryl/α,β-unsaturated/α-hetero) is 1. The molecule has 5 rings (SSSR count). The van der Waals surface area contributed by atoms with Crippen LogP contribution < -0.4 is 4.90 Å². The molecule has 34 heavy (non-hydrogen) atoms. The second-order valence-electron chi connectivity index (χ2n) is 7.85. The zero-order valence-electron chi connectivity index (χ0n) is 18.0. The van der Waals surface area contributed by atoms with Crippen LogP contribution in [0.15, 0.2) is 72.3 Å². The largest absolute Gasteiger partial charge is 0.507 e. The van der Waals surface area contributed by atoms with Crippen LogP contribution in [0.25, 0.3) is 16.0 Å². The molecule has 0 bridgehead atoms. The van der Waals surface area contributed by atoms with Crippen LogP contribution in [0.3, 0.4) is 0 Å². The lowest BCUT2D eigenvalue weighted by molar-refractivity contribution is -0.132. The zero-order valence-corrected chi connectivity index (χ0v) is 18.8. The number of halogens is 2. The van der Waals surface area contributed by atoms with Gasteiger partial charge in [-0.1, -0.05) is 42.5 Å². The number of aliphatic hydroxyl groups excluding tert-OH is 1. The first-order valence-corrected chi connectivity index (χ1v) is 11.4. The van der Waals surface area contributed by atoms with E-state index in [-0.39, 0.29) is 21.8 Å². The fourth-order valence-corrected chi connectivity index (χ4v) is 5.12. The fraction of sp³-hybridized carbons (Fsp3) is 0.115. The number of thiazole rings is 1. The van der Waals surface area contributed by atoms with Gasteiger partial charge in [0.1, 0.15) is 23.4 Å². The van der Waals surface area contributed by atoms with E-state index in [1.165, 1.54) is 41.7 Å². The van der Waals surface area contributed by atoms with Crippen molar-refractivity contribution in [2.45, 2.75) is 19.4 Å². The minimum Gasteiger partial charge on any atom is -0.507 e. The molecule has 1 amide bonds. The lowest BCUT2D eigenvalue weighted by Gasteiger charge is -2.23. The Balaban J connectivity index is 1.73. The lowest BCUT2D eigenvalue weighted by atomic mass is 9.95. The maximum absolute atomic E-state index is 15.0. The number of aromatic nitrogens is 1. The van der Waals surface area contributed by atoms with Crippen LogP contribution in [0.4, 0.5) is 13.9 Å². The van der Waals surface area contributed by atoms with E-state index in [0.29, 0.717) is 5.52 Å². The zero-order chi connectivity index (χ0) is 24.0. The Morgan fingerprint density at radius 1 is 1.06 bits per heavy atom. The molecule has 1 saturated heterocycles. The van der Waals surface area contributed by atoms with E-state index in [2.05, 4.69) is 4.98 Å². The predicted octanol–water partition coefficient (Wildman–Crippen LogP) is 5.76. The highest BCUT2D eigenvalue weighted by Gasteiger charge is 2.49. The molecule has 0 spiro atoms. The molecule has 1 N–H and O–H groups in total. The van der Waals surface area contributed by atoms with E-state index in [1.54, 1.807) is 6.07 Å². The van der Waals surface area contributed by atoms with Gasteiger partial charge in [0.25, 0.3) is 5.78 Å². The molecule has 0 saturated carbocycles. The van der Waals surface area contributed by atoms with Crippen LogP contribution in [-0.2, 0) is 16.0 Å². The van der Waals surface area contributed by atoms with Gasteiger partial charge in [-0.05, 0) is 54.4 Å². The highest BCUT2D eigenvalue weighted by molar-refractivity contribution is 7.22. The van der Waals surface area contributed by atoms with Crippen LogP contribution in [0, 0.1) is 11.6 Å². The first-order chi connectivity index (χ1) is 16.4. The van der Waals surface area contributed by atoms with Crippen LogP contribution in [0.5, 0.6) is 0 Å². The summed E-state index contributed by atoms with van der Waals surface area (Å²) in [4.78, 5) is 32.0. The summed E-state index contributed by atoms with van der Waals surface area (Å²) in [7, 11) is 0. The van der Waals surface area contributed by atoms with Gasteiger partial charge < -0.3 is 5.11 Å². The maximum atomic E-state index is 15.0. The second kappa shape index (κ2) is 8.46. The van der Waals surface area contributed by atoms with Crippen molar-refractivity contribution in [1.82, 2.24) is 4.98 Å². The Kier molecular flexibility index (Phi) is 5.45. The molecule has 8 heteroatoms. The molecule has 3 aromatic carbocycles. The number of aliphatic hydroxyl groups is 1. The normalized spacial score (nSPS) is 17.6. The number of carbonyl (C=O) groups excluding carboxylic acids is 2. The maximum Gasteiger partial charge on any atom is 0.301 e. The Morgan fingerprint density at radius 2 is 1.79 bits per heavy atom. The molecule has 1 unspecified atom stereocenters. The number of fused-ring (bicyclic) bond motifs is 1. The number of aryl methyl sites for hydroxylation is 1. The van der Waals surface area contributed by atoms with E-state index in [9.17, 15) is 23.5 Å².